The van der Waals surface area contributed by atoms with Gasteiger partial charge in [0.05, 0.1) is 4.90 Å². The number of hydrogen-bond donors (Lipinski definition) is 1. The van der Waals surface area contributed by atoms with Gasteiger partial charge in [0.2, 0.25) is 10.0 Å². The summed E-state index contributed by atoms with van der Waals surface area (Å²) in [5, 5.41) is 0.532. The summed E-state index contributed by atoms with van der Waals surface area (Å²) in [7, 11) is -0.715. The van der Waals surface area contributed by atoms with E-state index >= 15 is 0 Å². The topological polar surface area (TPSA) is 65.6 Å². The summed E-state index contributed by atoms with van der Waals surface area (Å²) in [6, 6.07) is 10.8. The van der Waals surface area contributed by atoms with Gasteiger partial charge in [0.15, 0.2) is 0 Å². The van der Waals surface area contributed by atoms with Crippen LogP contribution in [0.3, 0.4) is 0 Å². The van der Waals surface area contributed by atoms with E-state index in [1.54, 1.807) is 24.3 Å². The maximum absolute atomic E-state index is 12.7. The molecule has 1 fully saturated rings. The van der Waals surface area contributed by atoms with Crippen LogP contribution in [0.5, 0.6) is 5.75 Å². The molecular formula is C21H22F3N3O3S. The van der Waals surface area contributed by atoms with Crippen LogP contribution < -0.4 is 9.64 Å². The molecule has 6 nitrogen and oxygen atoms in total. The third-order valence-electron chi connectivity index (χ3n) is 5.31. The fourth-order valence-electron chi connectivity index (χ4n) is 3.79. The van der Waals surface area contributed by atoms with Crippen molar-refractivity contribution < 1.29 is 26.3 Å². The van der Waals surface area contributed by atoms with Crippen molar-refractivity contribution in [1.82, 2.24) is 9.29 Å². The summed E-state index contributed by atoms with van der Waals surface area (Å²) in [5.74, 6) is -0.311. The number of nitrogens with one attached hydrogen (secondary N) is 1. The molecule has 31 heavy (non-hydrogen) atoms. The van der Waals surface area contributed by atoms with E-state index < -0.39 is 16.4 Å². The Kier molecular flexibility index (Phi) is 5.38. The van der Waals surface area contributed by atoms with Crippen molar-refractivity contribution in [2.75, 3.05) is 32.1 Å². The fraction of sp³-hybridized carbons (Fsp3) is 0.333. The molecule has 0 unspecified atom stereocenters. The van der Waals surface area contributed by atoms with Crippen LogP contribution >= 0.6 is 0 Å². The smallest absolute Gasteiger partial charge is 0.406 e. The third-order valence-corrected chi connectivity index (χ3v) is 7.12. The molecule has 0 atom stereocenters. The van der Waals surface area contributed by atoms with Gasteiger partial charge in [-0.3, -0.25) is 0 Å². The van der Waals surface area contributed by atoms with Crippen LogP contribution in [0.2, 0.25) is 0 Å². The first kappa shape index (κ1) is 21.5. The second-order valence-electron chi connectivity index (χ2n) is 7.64. The largest absolute Gasteiger partial charge is 0.573 e. The van der Waals surface area contributed by atoms with Crippen LogP contribution in [0.4, 0.5) is 18.9 Å². The van der Waals surface area contributed by atoms with Crippen molar-refractivity contribution in [3.8, 4) is 17.0 Å². The Balaban J connectivity index is 1.83. The molecule has 1 N–H and O–H groups in total. The van der Waals surface area contributed by atoms with Crippen LogP contribution in [0.1, 0.15) is 12.8 Å². The van der Waals surface area contributed by atoms with Crippen LogP contribution in [0.15, 0.2) is 47.4 Å². The molecule has 3 aromatic rings. The standard InChI is InChI=1S/C21H22F3N3O3S/c1-26(2)31(28,29)16-6-8-20(27-9-3-4-10-27)17(13-16)19-12-14-11-15(30-21(22,23)24)5-7-18(14)25-19/h5-8,11-13,25H,3-4,9-10H2,1-2H3. The minimum absolute atomic E-state index is 0.148. The Morgan fingerprint density at radius 2 is 1.74 bits per heavy atom. The summed E-state index contributed by atoms with van der Waals surface area (Å²) in [6.45, 7) is 1.72. The van der Waals surface area contributed by atoms with Gasteiger partial charge in [0.1, 0.15) is 5.75 Å². The molecule has 0 saturated carbocycles. The van der Waals surface area contributed by atoms with Gasteiger partial charge in [0.25, 0.3) is 0 Å². The fourth-order valence-corrected chi connectivity index (χ4v) is 4.72. The van der Waals surface area contributed by atoms with Crippen molar-refractivity contribution in [2.24, 2.45) is 0 Å². The first-order valence-electron chi connectivity index (χ1n) is 9.75. The minimum atomic E-state index is -4.77. The van der Waals surface area contributed by atoms with Gasteiger partial charge in [-0.1, -0.05) is 0 Å². The second-order valence-corrected chi connectivity index (χ2v) is 9.79. The highest BCUT2D eigenvalue weighted by Gasteiger charge is 2.31. The molecule has 4 rings (SSSR count). The van der Waals surface area contributed by atoms with Gasteiger partial charge in [0, 0.05) is 55.0 Å². The van der Waals surface area contributed by atoms with E-state index in [1.807, 2.05) is 0 Å². The Bertz CT molecular complexity index is 1210. The summed E-state index contributed by atoms with van der Waals surface area (Å²) in [6.07, 6.45) is -2.69. The van der Waals surface area contributed by atoms with Gasteiger partial charge in [-0.25, -0.2) is 12.7 Å². The Morgan fingerprint density at radius 1 is 1.03 bits per heavy atom. The first-order valence-corrected chi connectivity index (χ1v) is 11.2. The molecule has 0 radical (unpaired) electrons. The SMILES string of the molecule is CN(C)S(=O)(=O)c1ccc(N2CCCC2)c(-c2cc3cc(OC(F)(F)F)ccc3[nH]2)c1. The molecule has 0 bridgehead atoms. The van der Waals surface area contributed by atoms with Crippen LogP contribution in [-0.2, 0) is 10.0 Å². The Hall–Kier alpha value is -2.72. The van der Waals surface area contributed by atoms with Crippen LogP contribution in [0, 0.1) is 0 Å². The molecule has 2 aromatic carbocycles. The lowest BCUT2D eigenvalue weighted by atomic mass is 10.1. The number of alkyl halides is 3. The number of benzene rings is 2. The van der Waals surface area contributed by atoms with Gasteiger partial charge in [-0.05, 0) is 55.3 Å². The normalized spacial score (nSPS) is 15.2. The zero-order chi connectivity index (χ0) is 22.4. The molecule has 0 spiro atoms. The number of sulfonamides is 1. The van der Waals surface area contributed by atoms with Crippen molar-refractivity contribution in [3.05, 3.63) is 42.5 Å². The number of hydrogen-bond acceptors (Lipinski definition) is 4. The summed E-state index contributed by atoms with van der Waals surface area (Å²) in [4.78, 5) is 5.54. The highest BCUT2D eigenvalue weighted by atomic mass is 32.2. The molecule has 2 heterocycles. The van der Waals surface area contributed by atoms with E-state index in [0.717, 1.165) is 35.9 Å². The van der Waals surface area contributed by atoms with E-state index in [1.165, 1.54) is 32.3 Å². The molecule has 0 amide bonds. The molecular weight excluding hydrogens is 431 g/mol. The number of anilines is 1. The molecule has 166 valence electrons. The van der Waals surface area contributed by atoms with E-state index in [0.29, 0.717) is 22.2 Å². The summed E-state index contributed by atoms with van der Waals surface area (Å²) < 4.78 is 68.2. The number of nitrogens with zero attached hydrogens (tertiary/aromatic N) is 2. The number of ether oxygens (including phenoxy) is 1. The van der Waals surface area contributed by atoms with Gasteiger partial charge >= 0.3 is 6.36 Å². The molecule has 1 aromatic heterocycles. The lowest BCUT2D eigenvalue weighted by Crippen LogP contribution is -2.23. The molecule has 10 heteroatoms. The van der Waals surface area contributed by atoms with Crippen molar-refractivity contribution >= 4 is 26.6 Å². The number of halogens is 3. The molecule has 1 aliphatic rings. The van der Waals surface area contributed by atoms with E-state index in [9.17, 15) is 21.6 Å². The maximum Gasteiger partial charge on any atom is 0.573 e. The predicted octanol–water partition coefficient (Wildman–Crippen LogP) is 4.58. The van der Waals surface area contributed by atoms with Gasteiger partial charge in [-0.15, -0.1) is 13.2 Å². The first-order chi connectivity index (χ1) is 14.5. The van der Waals surface area contributed by atoms with Crippen LogP contribution in [-0.4, -0.2) is 51.3 Å². The number of aromatic nitrogens is 1. The lowest BCUT2D eigenvalue weighted by molar-refractivity contribution is -0.274. The van der Waals surface area contributed by atoms with Gasteiger partial charge < -0.3 is 14.6 Å². The quantitative estimate of drug-likeness (QED) is 0.614. The van der Waals surface area contributed by atoms with Crippen molar-refractivity contribution in [1.29, 1.82) is 0 Å². The Morgan fingerprint density at radius 3 is 2.39 bits per heavy atom. The number of H-pyrrole nitrogens is 1. The number of fused-ring (bicyclic) bond motifs is 1. The summed E-state index contributed by atoms with van der Waals surface area (Å²) >= 11 is 0. The Labute approximate surface area is 178 Å². The zero-order valence-electron chi connectivity index (χ0n) is 17.0. The highest BCUT2D eigenvalue weighted by molar-refractivity contribution is 7.89. The van der Waals surface area contributed by atoms with E-state index in [-0.39, 0.29) is 10.6 Å². The second kappa shape index (κ2) is 7.76. The number of aromatic amines is 1. The number of rotatable bonds is 5. The maximum atomic E-state index is 12.7. The van der Waals surface area contributed by atoms with Crippen LogP contribution in [0.25, 0.3) is 22.2 Å². The van der Waals surface area contributed by atoms with E-state index in [2.05, 4.69) is 14.6 Å². The average Bonchev–Trinajstić information content (AvgIpc) is 3.35. The van der Waals surface area contributed by atoms with E-state index in [4.69, 9.17) is 0 Å². The minimum Gasteiger partial charge on any atom is -0.406 e. The monoisotopic (exact) mass is 453 g/mol. The third kappa shape index (κ3) is 4.35. The molecule has 0 aliphatic carbocycles. The van der Waals surface area contributed by atoms with Gasteiger partial charge in [-0.2, -0.15) is 0 Å². The lowest BCUT2D eigenvalue weighted by Gasteiger charge is -2.22. The average molecular weight is 453 g/mol. The molecule has 1 saturated heterocycles. The zero-order valence-corrected chi connectivity index (χ0v) is 17.8. The predicted molar refractivity (Wildman–Crippen MR) is 113 cm³/mol. The van der Waals surface area contributed by atoms with Crippen molar-refractivity contribution in [2.45, 2.75) is 24.1 Å². The van der Waals surface area contributed by atoms with Crippen molar-refractivity contribution in [3.63, 3.8) is 0 Å². The summed E-state index contributed by atoms with van der Waals surface area (Å²) in [5.41, 5.74) is 2.81. The molecule has 1 aliphatic heterocycles. The highest BCUT2D eigenvalue weighted by Crippen LogP contribution is 2.37.